The molecule has 1 atom stereocenters. The molecule has 0 bridgehead atoms. The molecule has 3 aromatic carbocycles. The van der Waals surface area contributed by atoms with Gasteiger partial charge in [-0.15, -0.1) is 0 Å². The number of carbonyl (C=O) groups excluding carboxylic acids is 1. The Balaban J connectivity index is 1.61. The first kappa shape index (κ1) is 20.3. The lowest BCUT2D eigenvalue weighted by molar-refractivity contribution is 0.0730. The van der Waals surface area contributed by atoms with Crippen LogP contribution in [0.4, 0.5) is 0 Å². The number of nitrogens with zero attached hydrogens (tertiary/aromatic N) is 2. The van der Waals surface area contributed by atoms with E-state index in [4.69, 9.17) is 16.3 Å². The van der Waals surface area contributed by atoms with Crippen LogP contribution < -0.4 is 4.74 Å². The predicted molar refractivity (Wildman–Crippen MR) is 125 cm³/mol. The Morgan fingerprint density at radius 1 is 1.06 bits per heavy atom. The van der Waals surface area contributed by atoms with Crippen LogP contribution in [0.1, 0.15) is 38.8 Å². The molecule has 5 rings (SSSR count). The van der Waals surface area contributed by atoms with E-state index in [2.05, 4.69) is 22.3 Å². The zero-order chi connectivity index (χ0) is 22.2. The molecule has 1 aliphatic heterocycles. The molecule has 160 valence electrons. The molecular weight excluding hydrogens is 422 g/mol. The number of halogens is 1. The fourth-order valence-corrected chi connectivity index (χ4v) is 4.44. The van der Waals surface area contributed by atoms with Gasteiger partial charge in [0, 0.05) is 22.7 Å². The third kappa shape index (κ3) is 3.55. The van der Waals surface area contributed by atoms with Crippen molar-refractivity contribution in [2.24, 2.45) is 0 Å². The third-order valence-electron chi connectivity index (χ3n) is 5.87. The number of hydrogen-bond acceptors (Lipinski definition) is 3. The predicted octanol–water partition coefficient (Wildman–Crippen LogP) is 5.79. The molecule has 0 saturated carbocycles. The number of amides is 1. The number of aromatic nitrogens is 2. The van der Waals surface area contributed by atoms with Crippen molar-refractivity contribution in [2.75, 3.05) is 7.11 Å². The number of methoxy groups -OCH3 is 1. The van der Waals surface area contributed by atoms with E-state index in [9.17, 15) is 4.79 Å². The first-order valence-electron chi connectivity index (χ1n) is 10.4. The van der Waals surface area contributed by atoms with E-state index in [-0.39, 0.29) is 11.9 Å². The Hall–Kier alpha value is -3.57. The van der Waals surface area contributed by atoms with Crippen molar-refractivity contribution in [1.82, 2.24) is 15.1 Å². The van der Waals surface area contributed by atoms with Gasteiger partial charge < -0.3 is 9.64 Å². The number of nitrogens with one attached hydrogen (secondary N) is 1. The minimum absolute atomic E-state index is 0.0772. The maximum absolute atomic E-state index is 13.5. The summed E-state index contributed by atoms with van der Waals surface area (Å²) in [5.41, 5.74) is 6.31. The summed E-state index contributed by atoms with van der Waals surface area (Å²) in [7, 11) is 1.64. The molecule has 32 heavy (non-hydrogen) atoms. The highest BCUT2D eigenvalue weighted by Crippen LogP contribution is 2.44. The summed E-state index contributed by atoms with van der Waals surface area (Å²) in [5, 5.41) is 8.16. The van der Waals surface area contributed by atoms with Gasteiger partial charge in [-0.05, 0) is 42.3 Å². The SMILES string of the molecule is COc1ccc(CN2C(=O)c3[nH]nc(-c4ccc(C)cc4)c3C2c2cccc(Cl)c2)cc1. The standard InChI is InChI=1S/C26H22ClN3O2/c1-16-6-10-18(11-7-16)23-22-24(29-28-23)26(31)30(15-17-8-12-21(32-2)13-9-17)25(22)19-4-3-5-20(27)14-19/h3-14,25H,15H2,1-2H3,(H,28,29). The number of hydrogen-bond donors (Lipinski definition) is 1. The van der Waals surface area contributed by atoms with Crippen LogP contribution in [0, 0.1) is 6.92 Å². The zero-order valence-electron chi connectivity index (χ0n) is 17.8. The van der Waals surface area contributed by atoms with Crippen molar-refractivity contribution in [3.05, 3.63) is 106 Å². The summed E-state index contributed by atoms with van der Waals surface area (Å²) in [5.74, 6) is 0.704. The molecule has 5 nitrogen and oxygen atoms in total. The van der Waals surface area contributed by atoms with Crippen molar-refractivity contribution >= 4 is 17.5 Å². The van der Waals surface area contributed by atoms with Gasteiger partial charge in [-0.1, -0.05) is 65.7 Å². The number of rotatable bonds is 5. The number of carbonyl (C=O) groups is 1. The summed E-state index contributed by atoms with van der Waals surface area (Å²) in [6, 6.07) is 23.3. The van der Waals surface area contributed by atoms with Crippen molar-refractivity contribution in [3.8, 4) is 17.0 Å². The molecule has 0 fully saturated rings. The second kappa shape index (κ2) is 8.17. The molecule has 1 amide bonds. The molecule has 4 aromatic rings. The van der Waals surface area contributed by atoms with Gasteiger partial charge in [0.1, 0.15) is 11.4 Å². The van der Waals surface area contributed by atoms with E-state index in [0.717, 1.165) is 33.7 Å². The van der Waals surface area contributed by atoms with Gasteiger partial charge in [0.05, 0.1) is 18.8 Å². The van der Waals surface area contributed by atoms with E-state index in [0.29, 0.717) is 17.3 Å². The molecule has 0 aliphatic carbocycles. The smallest absolute Gasteiger partial charge is 0.273 e. The highest BCUT2D eigenvalue weighted by atomic mass is 35.5. The second-order valence-corrected chi connectivity index (χ2v) is 8.40. The largest absolute Gasteiger partial charge is 0.497 e. The highest BCUT2D eigenvalue weighted by Gasteiger charge is 2.42. The number of fused-ring (bicyclic) bond motifs is 1. The van der Waals surface area contributed by atoms with E-state index in [1.807, 2.05) is 72.5 Å². The maximum Gasteiger partial charge on any atom is 0.273 e. The van der Waals surface area contributed by atoms with E-state index in [1.165, 1.54) is 5.56 Å². The van der Waals surface area contributed by atoms with E-state index >= 15 is 0 Å². The minimum atomic E-state index is -0.298. The summed E-state index contributed by atoms with van der Waals surface area (Å²) >= 11 is 6.34. The molecule has 0 spiro atoms. The first-order valence-corrected chi connectivity index (χ1v) is 10.8. The van der Waals surface area contributed by atoms with Gasteiger partial charge in [0.2, 0.25) is 0 Å². The molecule has 0 saturated heterocycles. The van der Waals surface area contributed by atoms with Crippen LogP contribution in [0.3, 0.4) is 0 Å². The molecule has 1 aromatic heterocycles. The average molecular weight is 444 g/mol. The molecule has 1 N–H and O–H groups in total. The maximum atomic E-state index is 13.5. The van der Waals surface area contributed by atoms with Crippen molar-refractivity contribution in [1.29, 1.82) is 0 Å². The van der Waals surface area contributed by atoms with Gasteiger partial charge in [-0.25, -0.2) is 0 Å². The van der Waals surface area contributed by atoms with Crippen molar-refractivity contribution in [2.45, 2.75) is 19.5 Å². The van der Waals surface area contributed by atoms with Gasteiger partial charge in [0.15, 0.2) is 0 Å². The molecule has 1 aliphatic rings. The third-order valence-corrected chi connectivity index (χ3v) is 6.10. The normalized spacial score (nSPS) is 15.2. The lowest BCUT2D eigenvalue weighted by Gasteiger charge is -2.26. The van der Waals surface area contributed by atoms with Gasteiger partial charge in [-0.2, -0.15) is 5.10 Å². The quantitative estimate of drug-likeness (QED) is 0.424. The Bertz CT molecular complexity index is 1280. The lowest BCUT2D eigenvalue weighted by atomic mass is 9.95. The fraction of sp³-hybridized carbons (Fsp3) is 0.154. The highest BCUT2D eigenvalue weighted by molar-refractivity contribution is 6.30. The lowest BCUT2D eigenvalue weighted by Crippen LogP contribution is -2.29. The van der Waals surface area contributed by atoms with Crippen LogP contribution in [0.15, 0.2) is 72.8 Å². The molecule has 6 heteroatoms. The zero-order valence-corrected chi connectivity index (χ0v) is 18.6. The first-order chi connectivity index (χ1) is 15.5. The summed E-state index contributed by atoms with van der Waals surface area (Å²) < 4.78 is 5.27. The fourth-order valence-electron chi connectivity index (χ4n) is 4.24. The number of benzene rings is 3. The van der Waals surface area contributed by atoms with Crippen molar-refractivity contribution < 1.29 is 9.53 Å². The monoisotopic (exact) mass is 443 g/mol. The second-order valence-electron chi connectivity index (χ2n) is 7.97. The summed E-state index contributed by atoms with van der Waals surface area (Å²) in [6.45, 7) is 2.50. The Morgan fingerprint density at radius 3 is 2.50 bits per heavy atom. The van der Waals surface area contributed by atoms with E-state index in [1.54, 1.807) is 7.11 Å². The molecule has 0 radical (unpaired) electrons. The summed E-state index contributed by atoms with van der Waals surface area (Å²) in [6.07, 6.45) is 0. The van der Waals surface area contributed by atoms with Gasteiger partial charge in [-0.3, -0.25) is 9.89 Å². The molecule has 2 heterocycles. The van der Waals surface area contributed by atoms with Gasteiger partial charge >= 0.3 is 0 Å². The Morgan fingerprint density at radius 2 is 1.81 bits per heavy atom. The van der Waals surface area contributed by atoms with Crippen LogP contribution in [-0.4, -0.2) is 28.1 Å². The van der Waals surface area contributed by atoms with Crippen LogP contribution in [0.25, 0.3) is 11.3 Å². The molecule has 1 unspecified atom stereocenters. The Kier molecular flexibility index (Phi) is 5.19. The van der Waals surface area contributed by atoms with Gasteiger partial charge in [0.25, 0.3) is 5.91 Å². The molecular formula is C26H22ClN3O2. The van der Waals surface area contributed by atoms with Crippen LogP contribution >= 0.6 is 11.6 Å². The summed E-state index contributed by atoms with van der Waals surface area (Å²) in [4.78, 5) is 15.4. The topological polar surface area (TPSA) is 58.2 Å². The number of aromatic amines is 1. The average Bonchev–Trinajstić information content (AvgIpc) is 3.34. The Labute approximate surface area is 191 Å². The number of H-pyrrole nitrogens is 1. The van der Waals surface area contributed by atoms with Crippen LogP contribution in [0.2, 0.25) is 5.02 Å². The van der Waals surface area contributed by atoms with Crippen LogP contribution in [0.5, 0.6) is 5.75 Å². The number of aryl methyl sites for hydroxylation is 1. The minimum Gasteiger partial charge on any atom is -0.497 e. The number of ether oxygens (including phenoxy) is 1. The van der Waals surface area contributed by atoms with Crippen molar-refractivity contribution in [3.63, 3.8) is 0 Å². The van der Waals surface area contributed by atoms with E-state index < -0.39 is 0 Å². The van der Waals surface area contributed by atoms with Crippen LogP contribution in [-0.2, 0) is 6.54 Å².